The molecule has 0 saturated carbocycles. The highest BCUT2D eigenvalue weighted by atomic mass is 16.5. The van der Waals surface area contributed by atoms with Crippen LogP contribution in [0.3, 0.4) is 0 Å². The van der Waals surface area contributed by atoms with Crippen LogP contribution in [0.1, 0.15) is 40.0 Å². The van der Waals surface area contributed by atoms with Gasteiger partial charge in [-0.05, 0) is 18.8 Å². The first-order valence-electron chi connectivity index (χ1n) is 10.7. The van der Waals surface area contributed by atoms with Gasteiger partial charge in [-0.1, -0.05) is 40.3 Å². The number of carbonyl (C=O) groups is 4. The predicted molar refractivity (Wildman–Crippen MR) is 115 cm³/mol. The van der Waals surface area contributed by atoms with Crippen LogP contribution < -0.4 is 0 Å². The predicted octanol–water partition coefficient (Wildman–Crippen LogP) is 1.02. The number of aliphatic hydroxyl groups is 2. The van der Waals surface area contributed by atoms with Crippen molar-refractivity contribution in [2.24, 2.45) is 5.92 Å². The summed E-state index contributed by atoms with van der Waals surface area (Å²) in [5.74, 6) is -2.18. The van der Waals surface area contributed by atoms with Crippen molar-refractivity contribution < 1.29 is 38.9 Å². The topological polar surface area (TPSA) is 134 Å². The summed E-state index contributed by atoms with van der Waals surface area (Å²) >= 11 is 0. The van der Waals surface area contributed by atoms with E-state index < -0.39 is 48.2 Å². The van der Waals surface area contributed by atoms with Crippen molar-refractivity contribution in [3.05, 3.63) is 25.3 Å². The number of hydrogen-bond donors (Lipinski definition) is 2. The lowest BCUT2D eigenvalue weighted by molar-refractivity contribution is -0.143. The van der Waals surface area contributed by atoms with E-state index in [1.807, 2.05) is 13.8 Å². The van der Waals surface area contributed by atoms with Crippen LogP contribution in [0.5, 0.6) is 0 Å². The highest BCUT2D eigenvalue weighted by molar-refractivity contribution is 6.07. The average molecular weight is 455 g/mol. The maximum absolute atomic E-state index is 13.5. The summed E-state index contributed by atoms with van der Waals surface area (Å²) in [6.07, 6.45) is 1.09. The molecule has 0 aromatic rings. The van der Waals surface area contributed by atoms with Crippen LogP contribution in [-0.4, -0.2) is 87.9 Å². The molecule has 1 aliphatic rings. The molecule has 0 bridgehead atoms. The van der Waals surface area contributed by atoms with Crippen molar-refractivity contribution in [3.8, 4) is 0 Å². The van der Waals surface area contributed by atoms with Crippen molar-refractivity contribution in [1.82, 2.24) is 9.80 Å². The van der Waals surface area contributed by atoms with E-state index >= 15 is 0 Å². The number of β-amino-alcohol motifs (C(OH)–C–C–N with tert-alkyl or cyclic N) is 2. The molecule has 4 atom stereocenters. The van der Waals surface area contributed by atoms with Gasteiger partial charge in [0.2, 0.25) is 0 Å². The van der Waals surface area contributed by atoms with Gasteiger partial charge in [-0.3, -0.25) is 9.69 Å². The SMILES string of the molecule is C=CC(=O)OCC(O)CN1C(=O)N(CC(O)COC(=O)C=C)C(CC)(C(C)CCC)C1=O. The summed E-state index contributed by atoms with van der Waals surface area (Å²) < 4.78 is 9.64. The normalized spacial score (nSPS) is 21.2. The van der Waals surface area contributed by atoms with E-state index in [1.165, 1.54) is 4.90 Å². The fraction of sp³-hybridized carbons (Fsp3) is 0.636. The van der Waals surface area contributed by atoms with E-state index in [-0.39, 0.29) is 32.0 Å². The molecule has 3 amide bonds. The maximum atomic E-state index is 13.5. The van der Waals surface area contributed by atoms with Crippen LogP contribution >= 0.6 is 0 Å². The Balaban J connectivity index is 3.13. The van der Waals surface area contributed by atoms with Gasteiger partial charge in [0, 0.05) is 12.2 Å². The molecule has 10 nitrogen and oxygen atoms in total. The molecule has 4 unspecified atom stereocenters. The van der Waals surface area contributed by atoms with Gasteiger partial charge in [-0.2, -0.15) is 0 Å². The fourth-order valence-corrected chi connectivity index (χ4v) is 3.99. The first-order valence-corrected chi connectivity index (χ1v) is 10.7. The Morgan fingerprint density at radius 2 is 1.53 bits per heavy atom. The van der Waals surface area contributed by atoms with Gasteiger partial charge >= 0.3 is 18.0 Å². The lowest BCUT2D eigenvalue weighted by Gasteiger charge is -2.40. The Hall–Kier alpha value is -2.72. The second-order valence-electron chi connectivity index (χ2n) is 7.75. The van der Waals surface area contributed by atoms with Crippen LogP contribution in [0.15, 0.2) is 25.3 Å². The van der Waals surface area contributed by atoms with Crippen molar-refractivity contribution in [1.29, 1.82) is 0 Å². The van der Waals surface area contributed by atoms with Crippen LogP contribution in [0.2, 0.25) is 0 Å². The molecule has 1 fully saturated rings. The van der Waals surface area contributed by atoms with Gasteiger partial charge in [0.1, 0.15) is 31.0 Å². The third-order valence-electron chi connectivity index (χ3n) is 5.59. The molecule has 1 rings (SSSR count). The Labute approximate surface area is 188 Å². The summed E-state index contributed by atoms with van der Waals surface area (Å²) in [6.45, 7) is 10.7. The first-order chi connectivity index (χ1) is 15.1. The second-order valence-corrected chi connectivity index (χ2v) is 7.75. The number of imide groups is 1. The molecule has 1 aliphatic heterocycles. The quantitative estimate of drug-likeness (QED) is 0.226. The molecule has 180 valence electrons. The van der Waals surface area contributed by atoms with Crippen LogP contribution in [-0.2, 0) is 23.9 Å². The number of aliphatic hydroxyl groups excluding tert-OH is 2. The fourth-order valence-electron chi connectivity index (χ4n) is 3.99. The Kier molecular flexibility index (Phi) is 10.5. The number of hydrogen-bond acceptors (Lipinski definition) is 8. The number of esters is 2. The lowest BCUT2D eigenvalue weighted by Crippen LogP contribution is -2.56. The van der Waals surface area contributed by atoms with Gasteiger partial charge in [0.05, 0.1) is 13.1 Å². The van der Waals surface area contributed by atoms with E-state index in [4.69, 9.17) is 9.47 Å². The molecule has 0 radical (unpaired) electrons. The van der Waals surface area contributed by atoms with E-state index in [0.29, 0.717) is 6.42 Å². The van der Waals surface area contributed by atoms with Crippen molar-refractivity contribution in [2.45, 2.75) is 57.8 Å². The standard InChI is InChI=1S/C22H34N2O8/c1-6-10-15(5)22(9-4)20(29)23(11-16(25)13-31-18(27)7-2)21(30)24(22)12-17(26)14-32-19(28)8-3/h7-8,15-17,25-26H,2-3,6,9-14H2,1,4-5H3. The van der Waals surface area contributed by atoms with E-state index in [0.717, 1.165) is 23.5 Å². The molecule has 0 aliphatic carbocycles. The molecule has 32 heavy (non-hydrogen) atoms. The summed E-state index contributed by atoms with van der Waals surface area (Å²) in [6, 6.07) is -0.678. The van der Waals surface area contributed by atoms with Crippen molar-refractivity contribution >= 4 is 23.9 Å². The van der Waals surface area contributed by atoms with Gasteiger partial charge in [0.15, 0.2) is 0 Å². The highest BCUT2D eigenvalue weighted by Crippen LogP contribution is 2.39. The molecule has 10 heteroatoms. The van der Waals surface area contributed by atoms with Crippen LogP contribution in [0, 0.1) is 5.92 Å². The van der Waals surface area contributed by atoms with Gasteiger partial charge in [0.25, 0.3) is 5.91 Å². The minimum atomic E-state index is -1.29. The van der Waals surface area contributed by atoms with E-state index in [9.17, 15) is 29.4 Å². The summed E-state index contributed by atoms with van der Waals surface area (Å²) in [5.41, 5.74) is -1.23. The average Bonchev–Trinajstić information content (AvgIpc) is 2.97. The lowest BCUT2D eigenvalue weighted by atomic mass is 9.78. The monoisotopic (exact) mass is 454 g/mol. The second kappa shape index (κ2) is 12.4. The Bertz CT molecular complexity index is 725. The third kappa shape index (κ3) is 6.17. The zero-order valence-corrected chi connectivity index (χ0v) is 19.0. The van der Waals surface area contributed by atoms with E-state index in [1.54, 1.807) is 6.92 Å². The number of amides is 3. The number of carbonyl (C=O) groups excluding carboxylic acids is 4. The zero-order valence-electron chi connectivity index (χ0n) is 19.0. The smallest absolute Gasteiger partial charge is 0.330 e. The Morgan fingerprint density at radius 3 is 1.97 bits per heavy atom. The molecule has 1 saturated heterocycles. The largest absolute Gasteiger partial charge is 0.460 e. The minimum Gasteiger partial charge on any atom is -0.460 e. The zero-order chi connectivity index (χ0) is 24.5. The molecular formula is C22H34N2O8. The number of ether oxygens (including phenoxy) is 2. The van der Waals surface area contributed by atoms with E-state index in [2.05, 4.69) is 13.2 Å². The first kappa shape index (κ1) is 27.3. The molecular weight excluding hydrogens is 420 g/mol. The summed E-state index contributed by atoms with van der Waals surface area (Å²) in [7, 11) is 0. The molecule has 1 heterocycles. The summed E-state index contributed by atoms with van der Waals surface area (Å²) in [4.78, 5) is 51.4. The third-order valence-corrected chi connectivity index (χ3v) is 5.59. The van der Waals surface area contributed by atoms with Crippen LogP contribution in [0.25, 0.3) is 0 Å². The van der Waals surface area contributed by atoms with Gasteiger partial charge in [-0.15, -0.1) is 0 Å². The minimum absolute atomic E-state index is 0.238. The van der Waals surface area contributed by atoms with Crippen molar-refractivity contribution in [2.75, 3.05) is 26.3 Å². The maximum Gasteiger partial charge on any atom is 0.330 e. The summed E-state index contributed by atoms with van der Waals surface area (Å²) in [5, 5.41) is 20.6. The Morgan fingerprint density at radius 1 is 1.03 bits per heavy atom. The molecule has 0 aromatic carbocycles. The molecule has 2 N–H and O–H groups in total. The molecule has 0 spiro atoms. The number of urea groups is 1. The van der Waals surface area contributed by atoms with Gasteiger partial charge < -0.3 is 24.6 Å². The molecule has 0 aromatic heterocycles. The van der Waals surface area contributed by atoms with Crippen molar-refractivity contribution in [3.63, 3.8) is 0 Å². The highest BCUT2D eigenvalue weighted by Gasteiger charge is 2.59. The number of nitrogens with zero attached hydrogens (tertiary/aromatic N) is 2. The van der Waals surface area contributed by atoms with Crippen LogP contribution in [0.4, 0.5) is 4.79 Å². The number of rotatable bonds is 14. The van der Waals surface area contributed by atoms with Gasteiger partial charge in [-0.25, -0.2) is 14.4 Å².